The summed E-state index contributed by atoms with van der Waals surface area (Å²) in [6.45, 7) is 6.12. The van der Waals surface area contributed by atoms with Gasteiger partial charge < -0.3 is 20.1 Å². The van der Waals surface area contributed by atoms with Crippen molar-refractivity contribution in [2.24, 2.45) is 0 Å². The fraction of sp³-hybridized carbons (Fsp3) is 0.400. The molecule has 154 valence electrons. The molecule has 3 amide bonds. The first-order valence-corrected chi connectivity index (χ1v) is 10.4. The summed E-state index contributed by atoms with van der Waals surface area (Å²) < 4.78 is 4.91. The molecule has 8 nitrogen and oxygen atoms in total. The molecule has 0 spiro atoms. The first-order chi connectivity index (χ1) is 13.8. The Morgan fingerprint density at radius 2 is 2.07 bits per heavy atom. The second-order valence-corrected chi connectivity index (χ2v) is 8.29. The van der Waals surface area contributed by atoms with E-state index in [0.29, 0.717) is 23.7 Å². The summed E-state index contributed by atoms with van der Waals surface area (Å²) in [5, 5.41) is 8.78. The van der Waals surface area contributed by atoms with E-state index < -0.39 is 5.25 Å². The number of nitrogens with zero attached hydrogens (tertiary/aromatic N) is 2. The molecule has 0 bridgehead atoms. The second-order valence-electron chi connectivity index (χ2n) is 6.96. The van der Waals surface area contributed by atoms with Gasteiger partial charge in [-0.15, -0.1) is 11.8 Å². The van der Waals surface area contributed by atoms with Gasteiger partial charge in [0, 0.05) is 30.4 Å². The van der Waals surface area contributed by atoms with Gasteiger partial charge in [-0.25, -0.2) is 0 Å². The first kappa shape index (κ1) is 20.9. The molecule has 9 heteroatoms. The van der Waals surface area contributed by atoms with Crippen molar-refractivity contribution in [2.75, 3.05) is 27.8 Å². The minimum absolute atomic E-state index is 0.134. The summed E-state index contributed by atoms with van der Waals surface area (Å²) in [6.07, 6.45) is 1.45. The third-order valence-electron chi connectivity index (χ3n) is 4.56. The number of nitrogens with one attached hydrogen (secondary N) is 2. The van der Waals surface area contributed by atoms with Gasteiger partial charge in [0.1, 0.15) is 5.76 Å². The minimum atomic E-state index is -0.428. The highest BCUT2D eigenvalue weighted by Gasteiger charge is 2.23. The fourth-order valence-corrected chi connectivity index (χ4v) is 3.75. The molecule has 29 heavy (non-hydrogen) atoms. The molecule has 1 aliphatic heterocycles. The Morgan fingerprint density at radius 1 is 1.28 bits per heavy atom. The van der Waals surface area contributed by atoms with Crippen LogP contribution in [0.3, 0.4) is 0 Å². The lowest BCUT2D eigenvalue weighted by molar-refractivity contribution is -0.117. The molecule has 2 aromatic rings. The minimum Gasteiger partial charge on any atom is -0.360 e. The standard InChI is InChI=1S/C20H24N4O4S/c1-12-9-15(6-7-16(12)24-8-4-5-19(24)26)21-18(25)11-29-14(3)20(27)22-17-10-13(2)28-23-17/h6-7,9-10,14H,4-5,8,11H2,1-3H3,(H,21,25)(H,22,23,27)/t14-/m0/s1. The zero-order chi connectivity index (χ0) is 21.0. The summed E-state index contributed by atoms with van der Waals surface area (Å²) >= 11 is 1.23. The third-order valence-corrected chi connectivity index (χ3v) is 5.70. The van der Waals surface area contributed by atoms with Crippen LogP contribution in [0.4, 0.5) is 17.2 Å². The predicted octanol–water partition coefficient (Wildman–Crippen LogP) is 3.12. The highest BCUT2D eigenvalue weighted by atomic mass is 32.2. The van der Waals surface area contributed by atoms with Crippen LogP contribution in [0.15, 0.2) is 28.8 Å². The number of hydrogen-bond donors (Lipinski definition) is 2. The Hall–Kier alpha value is -2.81. The van der Waals surface area contributed by atoms with Crippen LogP contribution < -0.4 is 15.5 Å². The number of amides is 3. The number of thioether (sulfide) groups is 1. The lowest BCUT2D eigenvalue weighted by atomic mass is 10.1. The molecule has 1 saturated heterocycles. The van der Waals surface area contributed by atoms with Crippen LogP contribution in [0, 0.1) is 13.8 Å². The molecule has 0 saturated carbocycles. The average molecular weight is 417 g/mol. The van der Waals surface area contributed by atoms with Crippen LogP contribution in [0.2, 0.25) is 0 Å². The SMILES string of the molecule is Cc1cc(NC(=O)[C@H](C)SCC(=O)Nc2ccc(N3CCCC3=O)c(C)c2)no1. The molecule has 1 atom stereocenters. The van der Waals surface area contributed by atoms with E-state index in [1.54, 1.807) is 30.9 Å². The summed E-state index contributed by atoms with van der Waals surface area (Å²) in [4.78, 5) is 38.1. The van der Waals surface area contributed by atoms with E-state index in [9.17, 15) is 14.4 Å². The van der Waals surface area contributed by atoms with Crippen molar-refractivity contribution in [2.45, 2.75) is 38.9 Å². The van der Waals surface area contributed by atoms with Crippen LogP contribution >= 0.6 is 11.8 Å². The number of anilines is 3. The van der Waals surface area contributed by atoms with Gasteiger partial charge in [0.15, 0.2) is 5.82 Å². The molecular formula is C20H24N4O4S. The number of hydrogen-bond acceptors (Lipinski definition) is 6. The van der Waals surface area contributed by atoms with Gasteiger partial charge in [0.25, 0.3) is 0 Å². The molecule has 2 heterocycles. The van der Waals surface area contributed by atoms with Gasteiger partial charge in [-0.3, -0.25) is 14.4 Å². The number of carbonyl (C=O) groups excluding carboxylic acids is 3. The maximum atomic E-state index is 12.3. The second kappa shape index (κ2) is 9.13. The summed E-state index contributed by atoms with van der Waals surface area (Å²) in [7, 11) is 0. The topological polar surface area (TPSA) is 105 Å². The number of aromatic nitrogens is 1. The Kier molecular flexibility index (Phi) is 6.58. The Morgan fingerprint density at radius 3 is 2.69 bits per heavy atom. The highest BCUT2D eigenvalue weighted by Crippen LogP contribution is 2.27. The average Bonchev–Trinajstić information content (AvgIpc) is 3.28. The summed E-state index contributed by atoms with van der Waals surface area (Å²) in [6, 6.07) is 7.13. The lowest BCUT2D eigenvalue weighted by Crippen LogP contribution is -2.25. The molecule has 1 aromatic heterocycles. The van der Waals surface area contributed by atoms with E-state index in [1.165, 1.54) is 11.8 Å². The zero-order valence-electron chi connectivity index (χ0n) is 16.7. The third kappa shape index (κ3) is 5.38. The normalized spacial score (nSPS) is 14.7. The van der Waals surface area contributed by atoms with E-state index in [-0.39, 0.29) is 23.5 Å². The van der Waals surface area contributed by atoms with E-state index >= 15 is 0 Å². The number of carbonyl (C=O) groups is 3. The van der Waals surface area contributed by atoms with Gasteiger partial charge in [-0.1, -0.05) is 5.16 Å². The van der Waals surface area contributed by atoms with Crippen molar-refractivity contribution >= 4 is 46.7 Å². The van der Waals surface area contributed by atoms with E-state index in [1.807, 2.05) is 19.1 Å². The molecule has 1 aliphatic rings. The largest absolute Gasteiger partial charge is 0.360 e. The Balaban J connectivity index is 1.49. The van der Waals surface area contributed by atoms with Crippen molar-refractivity contribution in [3.63, 3.8) is 0 Å². The van der Waals surface area contributed by atoms with Gasteiger partial charge >= 0.3 is 0 Å². The monoisotopic (exact) mass is 416 g/mol. The van der Waals surface area contributed by atoms with Gasteiger partial charge in [-0.05, 0) is 51.0 Å². The quantitative estimate of drug-likeness (QED) is 0.719. The van der Waals surface area contributed by atoms with Crippen LogP contribution in [0.5, 0.6) is 0 Å². The van der Waals surface area contributed by atoms with Crippen molar-refractivity contribution < 1.29 is 18.9 Å². The van der Waals surface area contributed by atoms with Crippen LogP contribution in [0.25, 0.3) is 0 Å². The van der Waals surface area contributed by atoms with Crippen molar-refractivity contribution in [1.82, 2.24) is 5.16 Å². The van der Waals surface area contributed by atoms with Crippen LogP contribution in [-0.4, -0.2) is 40.4 Å². The fourth-order valence-electron chi connectivity index (χ4n) is 3.07. The predicted molar refractivity (Wildman–Crippen MR) is 113 cm³/mol. The molecule has 2 N–H and O–H groups in total. The highest BCUT2D eigenvalue weighted by molar-refractivity contribution is 8.01. The molecule has 0 unspecified atom stereocenters. The number of rotatable bonds is 7. The van der Waals surface area contributed by atoms with E-state index in [0.717, 1.165) is 24.2 Å². The Labute approximate surface area is 173 Å². The van der Waals surface area contributed by atoms with E-state index in [4.69, 9.17) is 4.52 Å². The van der Waals surface area contributed by atoms with Gasteiger partial charge in [0.05, 0.1) is 11.0 Å². The van der Waals surface area contributed by atoms with Crippen molar-refractivity contribution in [3.8, 4) is 0 Å². The van der Waals surface area contributed by atoms with Crippen molar-refractivity contribution in [3.05, 3.63) is 35.6 Å². The van der Waals surface area contributed by atoms with Gasteiger partial charge in [0.2, 0.25) is 17.7 Å². The molecular weight excluding hydrogens is 392 g/mol. The van der Waals surface area contributed by atoms with Crippen molar-refractivity contribution in [1.29, 1.82) is 0 Å². The summed E-state index contributed by atoms with van der Waals surface area (Å²) in [5.74, 6) is 0.793. The van der Waals surface area contributed by atoms with Crippen LogP contribution in [0.1, 0.15) is 31.1 Å². The molecule has 3 rings (SSSR count). The van der Waals surface area contributed by atoms with Gasteiger partial charge in [-0.2, -0.15) is 0 Å². The maximum Gasteiger partial charge on any atom is 0.238 e. The number of benzene rings is 1. The summed E-state index contributed by atoms with van der Waals surface area (Å²) in [5.41, 5.74) is 2.48. The zero-order valence-corrected chi connectivity index (χ0v) is 17.5. The lowest BCUT2D eigenvalue weighted by Gasteiger charge is -2.19. The number of aryl methyl sites for hydroxylation is 2. The maximum absolute atomic E-state index is 12.3. The molecule has 1 aromatic carbocycles. The molecule has 0 aliphatic carbocycles. The molecule has 0 radical (unpaired) electrons. The van der Waals surface area contributed by atoms with E-state index in [2.05, 4.69) is 15.8 Å². The molecule has 1 fully saturated rings. The Bertz CT molecular complexity index is 927. The van der Waals surface area contributed by atoms with Crippen LogP contribution in [-0.2, 0) is 14.4 Å². The smallest absolute Gasteiger partial charge is 0.238 e. The first-order valence-electron chi connectivity index (χ1n) is 9.40.